The number of nitrogens with one attached hydrogen (secondary N) is 2. The van der Waals surface area contributed by atoms with Crippen LogP contribution in [0.2, 0.25) is 0 Å². The van der Waals surface area contributed by atoms with Crippen molar-refractivity contribution in [2.75, 3.05) is 31.2 Å². The zero-order valence-electron chi connectivity index (χ0n) is 12.9. The number of rotatable bonds is 7. The van der Waals surface area contributed by atoms with E-state index in [1.165, 1.54) is 11.3 Å². The standard InChI is InChI=1S/C13H23N5O2S/c1-5-7-15-13-17-10(14)9(21-13)11(19)16-8(3)12(20)18(4)6-2/h8H,5-7,14H2,1-4H3,(H,15,17)(H,16,19). The van der Waals surface area contributed by atoms with Crippen LogP contribution in [-0.4, -0.2) is 47.9 Å². The van der Waals surface area contributed by atoms with E-state index >= 15 is 0 Å². The molecule has 0 saturated carbocycles. The van der Waals surface area contributed by atoms with E-state index in [0.717, 1.165) is 13.0 Å². The van der Waals surface area contributed by atoms with E-state index in [4.69, 9.17) is 5.73 Å². The second-order valence-corrected chi connectivity index (χ2v) is 5.71. The van der Waals surface area contributed by atoms with Gasteiger partial charge in [-0.3, -0.25) is 9.59 Å². The number of thiazole rings is 1. The second kappa shape index (κ2) is 7.82. The average molecular weight is 313 g/mol. The molecule has 118 valence electrons. The molecule has 8 heteroatoms. The van der Waals surface area contributed by atoms with Crippen molar-refractivity contribution in [3.8, 4) is 0 Å². The summed E-state index contributed by atoms with van der Waals surface area (Å²) in [7, 11) is 1.69. The summed E-state index contributed by atoms with van der Waals surface area (Å²) in [6.45, 7) is 6.92. The zero-order chi connectivity index (χ0) is 16.0. The molecule has 4 N–H and O–H groups in total. The fraction of sp³-hybridized carbons (Fsp3) is 0.615. The lowest BCUT2D eigenvalue weighted by Crippen LogP contribution is -2.45. The maximum atomic E-state index is 12.2. The molecule has 1 atom stereocenters. The summed E-state index contributed by atoms with van der Waals surface area (Å²) in [4.78, 5) is 30.1. The number of carbonyl (C=O) groups excluding carboxylic acids is 2. The van der Waals surface area contributed by atoms with Gasteiger partial charge in [-0.05, 0) is 20.3 Å². The largest absolute Gasteiger partial charge is 0.382 e. The fourth-order valence-electron chi connectivity index (χ4n) is 1.61. The SMILES string of the molecule is CCCNc1nc(N)c(C(=O)NC(C)C(=O)N(C)CC)s1. The van der Waals surface area contributed by atoms with E-state index in [2.05, 4.69) is 15.6 Å². The molecule has 0 aliphatic rings. The second-order valence-electron chi connectivity index (χ2n) is 4.71. The first-order valence-corrected chi connectivity index (χ1v) is 7.78. The Bertz CT molecular complexity index is 503. The van der Waals surface area contributed by atoms with Gasteiger partial charge in [-0.15, -0.1) is 0 Å². The summed E-state index contributed by atoms with van der Waals surface area (Å²) in [5, 5.41) is 6.35. The van der Waals surface area contributed by atoms with Crippen LogP contribution in [0.3, 0.4) is 0 Å². The molecule has 2 amide bonds. The van der Waals surface area contributed by atoms with Gasteiger partial charge >= 0.3 is 0 Å². The minimum atomic E-state index is -0.601. The van der Waals surface area contributed by atoms with E-state index in [1.54, 1.807) is 18.9 Å². The van der Waals surface area contributed by atoms with Gasteiger partial charge in [0.1, 0.15) is 16.7 Å². The third-order valence-corrected chi connectivity index (χ3v) is 3.98. The fourth-order valence-corrected chi connectivity index (χ4v) is 2.43. The van der Waals surface area contributed by atoms with Gasteiger partial charge in [0.25, 0.3) is 5.91 Å². The van der Waals surface area contributed by atoms with Crippen molar-refractivity contribution in [1.29, 1.82) is 0 Å². The van der Waals surface area contributed by atoms with E-state index < -0.39 is 6.04 Å². The van der Waals surface area contributed by atoms with Crippen molar-refractivity contribution in [1.82, 2.24) is 15.2 Å². The maximum absolute atomic E-state index is 12.2. The van der Waals surface area contributed by atoms with Crippen LogP contribution in [0.15, 0.2) is 0 Å². The van der Waals surface area contributed by atoms with Crippen LogP contribution in [0.25, 0.3) is 0 Å². The van der Waals surface area contributed by atoms with Gasteiger partial charge in [0.05, 0.1) is 0 Å². The summed E-state index contributed by atoms with van der Waals surface area (Å²) in [5.41, 5.74) is 5.75. The number of carbonyl (C=O) groups is 2. The first kappa shape index (κ1) is 17.2. The van der Waals surface area contributed by atoms with Crippen molar-refractivity contribution in [3.05, 3.63) is 4.88 Å². The number of hydrogen-bond donors (Lipinski definition) is 3. The van der Waals surface area contributed by atoms with Crippen LogP contribution in [0.4, 0.5) is 10.9 Å². The molecule has 21 heavy (non-hydrogen) atoms. The number of aromatic nitrogens is 1. The van der Waals surface area contributed by atoms with Gasteiger partial charge in [-0.25, -0.2) is 4.98 Å². The Morgan fingerprint density at radius 2 is 2.10 bits per heavy atom. The van der Waals surface area contributed by atoms with Crippen LogP contribution in [0.5, 0.6) is 0 Å². The smallest absolute Gasteiger partial charge is 0.265 e. The summed E-state index contributed by atoms with van der Waals surface area (Å²) in [6.07, 6.45) is 0.954. The molecule has 0 spiro atoms. The van der Waals surface area contributed by atoms with E-state index in [-0.39, 0.29) is 17.6 Å². The van der Waals surface area contributed by atoms with Crippen LogP contribution in [-0.2, 0) is 4.79 Å². The van der Waals surface area contributed by atoms with Gasteiger partial charge in [0, 0.05) is 20.1 Å². The van der Waals surface area contributed by atoms with Crippen molar-refractivity contribution < 1.29 is 9.59 Å². The molecule has 0 aliphatic carbocycles. The predicted molar refractivity (Wildman–Crippen MR) is 85.5 cm³/mol. The van der Waals surface area contributed by atoms with E-state index in [1.807, 2.05) is 13.8 Å². The number of likely N-dealkylation sites (N-methyl/N-ethyl adjacent to an activating group) is 1. The molecule has 0 bridgehead atoms. The van der Waals surface area contributed by atoms with Gasteiger partial charge in [0.2, 0.25) is 5.91 Å². The number of nitrogen functional groups attached to an aromatic ring is 1. The number of amides is 2. The van der Waals surface area contributed by atoms with Crippen LogP contribution in [0, 0.1) is 0 Å². The lowest BCUT2D eigenvalue weighted by atomic mass is 10.3. The highest BCUT2D eigenvalue weighted by Crippen LogP contribution is 2.24. The minimum absolute atomic E-state index is 0.140. The van der Waals surface area contributed by atoms with Crippen LogP contribution in [0.1, 0.15) is 36.9 Å². The Hall–Kier alpha value is -1.83. The molecular weight excluding hydrogens is 290 g/mol. The third kappa shape index (κ3) is 4.59. The molecule has 1 rings (SSSR count). The van der Waals surface area contributed by atoms with Gasteiger partial charge in [-0.1, -0.05) is 18.3 Å². The third-order valence-electron chi connectivity index (χ3n) is 2.95. The molecule has 1 heterocycles. The Labute approximate surface area is 128 Å². The number of anilines is 2. The van der Waals surface area contributed by atoms with Gasteiger partial charge < -0.3 is 21.3 Å². The van der Waals surface area contributed by atoms with Crippen molar-refractivity contribution in [2.24, 2.45) is 0 Å². The molecular formula is C13H23N5O2S. The first-order chi connectivity index (χ1) is 9.90. The monoisotopic (exact) mass is 313 g/mol. The van der Waals surface area contributed by atoms with E-state index in [9.17, 15) is 9.59 Å². The quantitative estimate of drug-likeness (QED) is 0.701. The summed E-state index contributed by atoms with van der Waals surface area (Å²) < 4.78 is 0. The lowest BCUT2D eigenvalue weighted by molar-refractivity contribution is -0.131. The zero-order valence-corrected chi connectivity index (χ0v) is 13.7. The highest BCUT2D eigenvalue weighted by molar-refractivity contribution is 7.18. The number of nitrogens with two attached hydrogens (primary N) is 1. The van der Waals surface area contributed by atoms with Gasteiger partial charge in [-0.2, -0.15) is 0 Å². The molecule has 7 nitrogen and oxygen atoms in total. The van der Waals surface area contributed by atoms with E-state index in [0.29, 0.717) is 16.6 Å². The molecule has 0 radical (unpaired) electrons. The molecule has 0 fully saturated rings. The topological polar surface area (TPSA) is 100 Å². The average Bonchev–Trinajstić information content (AvgIpc) is 2.84. The molecule has 0 aromatic carbocycles. The van der Waals surface area contributed by atoms with Crippen molar-refractivity contribution in [2.45, 2.75) is 33.2 Å². The Morgan fingerprint density at radius 1 is 1.43 bits per heavy atom. The summed E-state index contributed by atoms with van der Waals surface area (Å²) in [5.74, 6) is -0.335. The highest BCUT2D eigenvalue weighted by Gasteiger charge is 2.22. The van der Waals surface area contributed by atoms with Gasteiger partial charge in [0.15, 0.2) is 5.13 Å². The molecule has 0 aliphatic heterocycles. The van der Waals surface area contributed by atoms with Crippen LogP contribution >= 0.6 is 11.3 Å². The Balaban J connectivity index is 2.71. The molecule has 1 aromatic rings. The summed E-state index contributed by atoms with van der Waals surface area (Å²) in [6, 6.07) is -0.601. The molecule has 1 unspecified atom stereocenters. The maximum Gasteiger partial charge on any atom is 0.265 e. The normalized spacial score (nSPS) is 11.8. The molecule has 1 aromatic heterocycles. The van der Waals surface area contributed by atoms with Crippen molar-refractivity contribution in [3.63, 3.8) is 0 Å². The Kier molecular flexibility index (Phi) is 6.41. The highest BCUT2D eigenvalue weighted by atomic mass is 32.1. The Morgan fingerprint density at radius 3 is 2.67 bits per heavy atom. The van der Waals surface area contributed by atoms with Crippen LogP contribution < -0.4 is 16.4 Å². The summed E-state index contributed by atoms with van der Waals surface area (Å²) >= 11 is 1.19. The van der Waals surface area contributed by atoms with Crippen molar-refractivity contribution >= 4 is 34.1 Å². The number of hydrogen-bond acceptors (Lipinski definition) is 6. The predicted octanol–water partition coefficient (Wildman–Crippen LogP) is 1.14. The minimum Gasteiger partial charge on any atom is -0.382 e. The lowest BCUT2D eigenvalue weighted by Gasteiger charge is -2.20. The first-order valence-electron chi connectivity index (χ1n) is 6.96. The number of nitrogens with zero attached hydrogens (tertiary/aromatic N) is 2. The molecule has 0 saturated heterocycles.